The van der Waals surface area contributed by atoms with Crippen LogP contribution in [0.15, 0.2) is 12.2 Å². The molecule has 0 aliphatic carbocycles. The number of carboxylic acids is 2. The molecule has 0 aliphatic heterocycles. The summed E-state index contributed by atoms with van der Waals surface area (Å²) in [5.74, 6) is -2.73. The molecule has 0 aromatic carbocycles. The zero-order valence-corrected chi connectivity index (χ0v) is 8.77. The molecule has 0 saturated heterocycles. The molecular formula is C10H14O6. The van der Waals surface area contributed by atoms with E-state index in [4.69, 9.17) is 10.2 Å². The van der Waals surface area contributed by atoms with E-state index in [1.807, 2.05) is 0 Å². The molecule has 2 N–H and O–H groups in total. The van der Waals surface area contributed by atoms with E-state index in [1.54, 1.807) is 0 Å². The van der Waals surface area contributed by atoms with Crippen molar-refractivity contribution in [3.63, 3.8) is 0 Å². The minimum absolute atomic E-state index is 0.0570. The molecule has 0 unspecified atom stereocenters. The maximum atomic E-state index is 10.9. The molecule has 6 nitrogen and oxygen atoms in total. The van der Waals surface area contributed by atoms with Crippen LogP contribution in [0.1, 0.15) is 25.7 Å². The fourth-order valence-electron chi connectivity index (χ4n) is 0.860. The first-order valence-corrected chi connectivity index (χ1v) is 4.72. The lowest BCUT2D eigenvalue weighted by Crippen LogP contribution is -2.09. The van der Waals surface area contributed by atoms with Crippen molar-refractivity contribution in [3.05, 3.63) is 12.2 Å². The third kappa shape index (κ3) is 7.54. The highest BCUT2D eigenvalue weighted by molar-refractivity contribution is 5.85. The van der Waals surface area contributed by atoms with Crippen LogP contribution >= 0.6 is 0 Å². The Morgan fingerprint density at radius 2 is 1.69 bits per heavy atom. The van der Waals surface area contributed by atoms with Crippen molar-refractivity contribution in [2.75, 3.05) is 6.61 Å². The van der Waals surface area contributed by atoms with Gasteiger partial charge in [-0.25, -0.2) is 4.79 Å². The van der Waals surface area contributed by atoms with Crippen LogP contribution in [0.25, 0.3) is 0 Å². The van der Waals surface area contributed by atoms with Gasteiger partial charge in [-0.05, 0) is 12.8 Å². The van der Waals surface area contributed by atoms with Gasteiger partial charge < -0.3 is 14.9 Å². The lowest BCUT2D eigenvalue weighted by molar-refractivity contribution is -0.147. The summed E-state index contributed by atoms with van der Waals surface area (Å²) >= 11 is 0. The quantitative estimate of drug-likeness (QED) is 0.363. The van der Waals surface area contributed by atoms with Crippen molar-refractivity contribution >= 4 is 17.9 Å². The summed E-state index contributed by atoms with van der Waals surface area (Å²) in [6, 6.07) is 0. The SMILES string of the molecule is C=C(CCCOC(=O)CCC(=O)O)C(=O)O. The highest BCUT2D eigenvalue weighted by Gasteiger charge is 2.07. The first-order valence-electron chi connectivity index (χ1n) is 4.72. The van der Waals surface area contributed by atoms with Gasteiger partial charge >= 0.3 is 17.9 Å². The standard InChI is InChI=1S/C10H14O6/c1-7(10(14)15)3-2-6-16-9(13)5-4-8(11)12/h1-6H2,(H,11,12)(H,14,15). The van der Waals surface area contributed by atoms with Crippen LogP contribution in [0.4, 0.5) is 0 Å². The monoisotopic (exact) mass is 230 g/mol. The summed E-state index contributed by atoms with van der Waals surface area (Å²) < 4.78 is 4.69. The Labute approximate surface area is 92.5 Å². The molecule has 0 atom stereocenters. The Morgan fingerprint density at radius 1 is 1.06 bits per heavy atom. The molecule has 0 bridgehead atoms. The maximum absolute atomic E-state index is 10.9. The Kier molecular flexibility index (Phi) is 6.58. The lowest BCUT2D eigenvalue weighted by atomic mass is 10.2. The molecule has 6 heteroatoms. The second-order valence-electron chi connectivity index (χ2n) is 3.13. The average Bonchev–Trinajstić information content (AvgIpc) is 2.20. The van der Waals surface area contributed by atoms with Crippen molar-refractivity contribution in [1.29, 1.82) is 0 Å². The average molecular weight is 230 g/mol. The van der Waals surface area contributed by atoms with E-state index in [2.05, 4.69) is 11.3 Å². The number of ether oxygens (including phenoxy) is 1. The van der Waals surface area contributed by atoms with E-state index >= 15 is 0 Å². The Bertz CT molecular complexity index is 294. The van der Waals surface area contributed by atoms with Gasteiger partial charge in [-0.1, -0.05) is 6.58 Å². The van der Waals surface area contributed by atoms with Gasteiger partial charge in [0.15, 0.2) is 0 Å². The van der Waals surface area contributed by atoms with Crippen LogP contribution in [-0.4, -0.2) is 34.7 Å². The first kappa shape index (κ1) is 14.2. The van der Waals surface area contributed by atoms with Gasteiger partial charge in [0.25, 0.3) is 0 Å². The molecule has 0 amide bonds. The van der Waals surface area contributed by atoms with Crippen molar-refractivity contribution in [2.45, 2.75) is 25.7 Å². The summed E-state index contributed by atoms with van der Waals surface area (Å²) in [5.41, 5.74) is 0.0570. The van der Waals surface area contributed by atoms with Crippen molar-refractivity contribution in [1.82, 2.24) is 0 Å². The lowest BCUT2D eigenvalue weighted by Gasteiger charge is -2.03. The third-order valence-corrected chi connectivity index (χ3v) is 1.73. The van der Waals surface area contributed by atoms with Gasteiger partial charge in [0, 0.05) is 5.57 Å². The maximum Gasteiger partial charge on any atom is 0.330 e. The summed E-state index contributed by atoms with van der Waals surface area (Å²) in [6.45, 7) is 3.39. The van der Waals surface area contributed by atoms with E-state index in [1.165, 1.54) is 0 Å². The fourth-order valence-corrected chi connectivity index (χ4v) is 0.860. The fraction of sp³-hybridized carbons (Fsp3) is 0.500. The van der Waals surface area contributed by atoms with Gasteiger partial charge in [-0.3, -0.25) is 9.59 Å². The molecule has 0 aromatic rings. The van der Waals surface area contributed by atoms with Crippen LogP contribution in [0.3, 0.4) is 0 Å². The number of carbonyl (C=O) groups excluding carboxylic acids is 1. The number of rotatable bonds is 8. The summed E-state index contributed by atoms with van der Waals surface area (Å²) in [4.78, 5) is 31.3. The van der Waals surface area contributed by atoms with Crippen molar-refractivity contribution < 1.29 is 29.3 Å². The van der Waals surface area contributed by atoms with Crippen LogP contribution in [-0.2, 0) is 19.1 Å². The molecule has 0 fully saturated rings. The largest absolute Gasteiger partial charge is 0.481 e. The number of hydrogen-bond donors (Lipinski definition) is 2. The number of carboxylic acid groups (broad SMARTS) is 2. The normalized spacial score (nSPS) is 9.50. The molecule has 0 aromatic heterocycles. The minimum atomic E-state index is -1.07. The Hall–Kier alpha value is -1.85. The molecule has 0 aliphatic rings. The molecule has 0 radical (unpaired) electrons. The van der Waals surface area contributed by atoms with Gasteiger partial charge in [-0.2, -0.15) is 0 Å². The predicted octanol–water partition coefficient (Wildman–Crippen LogP) is 0.815. The zero-order chi connectivity index (χ0) is 12.6. The summed E-state index contributed by atoms with van der Waals surface area (Å²) in [5, 5.41) is 16.7. The summed E-state index contributed by atoms with van der Waals surface area (Å²) in [6.07, 6.45) is 0.168. The number of aliphatic carboxylic acids is 2. The molecule has 16 heavy (non-hydrogen) atoms. The number of carbonyl (C=O) groups is 3. The van der Waals surface area contributed by atoms with Gasteiger partial charge in [0.2, 0.25) is 0 Å². The summed E-state index contributed by atoms with van der Waals surface area (Å²) in [7, 11) is 0. The highest BCUT2D eigenvalue weighted by Crippen LogP contribution is 2.03. The molecule has 0 heterocycles. The first-order chi connectivity index (χ1) is 7.43. The molecule has 0 spiro atoms. The van der Waals surface area contributed by atoms with E-state index in [9.17, 15) is 14.4 Å². The zero-order valence-electron chi connectivity index (χ0n) is 8.77. The third-order valence-electron chi connectivity index (χ3n) is 1.73. The highest BCUT2D eigenvalue weighted by atomic mass is 16.5. The van der Waals surface area contributed by atoms with E-state index < -0.39 is 17.9 Å². The molecule has 0 rings (SSSR count). The topological polar surface area (TPSA) is 101 Å². The minimum Gasteiger partial charge on any atom is -0.481 e. The Morgan fingerprint density at radius 3 is 2.19 bits per heavy atom. The van der Waals surface area contributed by atoms with Crippen molar-refractivity contribution in [2.24, 2.45) is 0 Å². The molecule has 0 saturated carbocycles. The predicted molar refractivity (Wildman–Crippen MR) is 53.8 cm³/mol. The van der Waals surface area contributed by atoms with Gasteiger partial charge in [0.1, 0.15) is 0 Å². The van der Waals surface area contributed by atoms with Crippen LogP contribution in [0.2, 0.25) is 0 Å². The van der Waals surface area contributed by atoms with Gasteiger partial charge in [0.05, 0.1) is 19.4 Å². The van der Waals surface area contributed by atoms with E-state index in [-0.39, 0.29) is 31.4 Å². The Balaban J connectivity index is 3.52. The number of esters is 1. The number of hydrogen-bond acceptors (Lipinski definition) is 4. The molecule has 90 valence electrons. The van der Waals surface area contributed by atoms with Crippen LogP contribution in [0.5, 0.6) is 0 Å². The van der Waals surface area contributed by atoms with E-state index in [0.29, 0.717) is 6.42 Å². The second-order valence-corrected chi connectivity index (χ2v) is 3.13. The van der Waals surface area contributed by atoms with Crippen molar-refractivity contribution in [3.8, 4) is 0 Å². The van der Waals surface area contributed by atoms with Crippen LogP contribution < -0.4 is 0 Å². The second kappa shape index (κ2) is 7.44. The smallest absolute Gasteiger partial charge is 0.330 e. The molecular weight excluding hydrogens is 216 g/mol. The van der Waals surface area contributed by atoms with Gasteiger partial charge in [-0.15, -0.1) is 0 Å². The van der Waals surface area contributed by atoms with Crippen LogP contribution in [0, 0.1) is 0 Å². The van der Waals surface area contributed by atoms with E-state index in [0.717, 1.165) is 0 Å².